The summed E-state index contributed by atoms with van der Waals surface area (Å²) in [5, 5.41) is 2.40. The van der Waals surface area contributed by atoms with Crippen LogP contribution in [0.5, 0.6) is 11.5 Å². The summed E-state index contributed by atoms with van der Waals surface area (Å²) < 4.78 is 12.9. The van der Waals surface area contributed by atoms with E-state index in [4.69, 9.17) is 32.5 Å². The molecule has 0 bridgehead atoms. The molecule has 1 aliphatic rings. The van der Waals surface area contributed by atoms with Crippen LogP contribution < -0.4 is 20.9 Å². The van der Waals surface area contributed by atoms with Crippen molar-refractivity contribution in [3.63, 3.8) is 0 Å². The second kappa shape index (κ2) is 5.40. The van der Waals surface area contributed by atoms with Gasteiger partial charge in [0, 0.05) is 34.7 Å². The van der Waals surface area contributed by atoms with E-state index in [2.05, 4.69) is 14.5 Å². The molecule has 26 heavy (non-hydrogen) atoms. The molecular formula is C18H14ClN5O2. The van der Waals surface area contributed by atoms with Crippen LogP contribution in [0.15, 0.2) is 36.5 Å². The summed E-state index contributed by atoms with van der Waals surface area (Å²) in [6.45, 7) is 0.802. The highest BCUT2D eigenvalue weighted by Crippen LogP contribution is 2.37. The van der Waals surface area contributed by atoms with Gasteiger partial charge in [0.1, 0.15) is 5.82 Å². The lowest BCUT2D eigenvalue weighted by molar-refractivity contribution is 0.174. The van der Waals surface area contributed by atoms with Crippen LogP contribution in [-0.2, 0) is 6.54 Å². The van der Waals surface area contributed by atoms with Crippen LogP contribution in [0.2, 0.25) is 5.02 Å². The standard InChI is InChI=1S/C18H14ClN5O2/c19-11-6-15-14(25-8-26-15)5-9(11)7-24-4-3-10-13(24)2-1-12-16(10)17(20)23-18(21)22-12/h1-6H,7-8H2,(H4,20,21,22,23). The lowest BCUT2D eigenvalue weighted by Gasteiger charge is -2.10. The maximum atomic E-state index is 6.41. The number of ether oxygens (including phenoxy) is 2. The maximum absolute atomic E-state index is 6.41. The number of fused-ring (bicyclic) bond motifs is 4. The summed E-state index contributed by atoms with van der Waals surface area (Å²) in [5.41, 5.74) is 14.4. The minimum Gasteiger partial charge on any atom is -0.454 e. The zero-order chi connectivity index (χ0) is 17.8. The van der Waals surface area contributed by atoms with Gasteiger partial charge in [-0.1, -0.05) is 11.6 Å². The molecule has 0 unspecified atom stereocenters. The summed E-state index contributed by atoms with van der Waals surface area (Å²) in [7, 11) is 0. The van der Waals surface area contributed by atoms with Crippen LogP contribution in [-0.4, -0.2) is 21.3 Å². The second-order valence-corrected chi connectivity index (χ2v) is 6.51. The minimum atomic E-state index is 0.168. The molecule has 0 fully saturated rings. The molecule has 0 aliphatic carbocycles. The first-order valence-electron chi connectivity index (χ1n) is 7.99. The molecular weight excluding hydrogens is 354 g/mol. The van der Waals surface area contributed by atoms with Crippen LogP contribution >= 0.6 is 11.6 Å². The number of anilines is 2. The van der Waals surface area contributed by atoms with Crippen LogP contribution in [0.1, 0.15) is 5.56 Å². The largest absolute Gasteiger partial charge is 0.454 e. The third-order valence-electron chi connectivity index (χ3n) is 4.54. The number of nitrogens with zero attached hydrogens (tertiary/aromatic N) is 3. The number of nitrogens with two attached hydrogens (primary N) is 2. The molecule has 0 radical (unpaired) electrons. The van der Waals surface area contributed by atoms with Crippen LogP contribution in [0, 0.1) is 0 Å². The van der Waals surface area contributed by atoms with Gasteiger partial charge in [0.15, 0.2) is 11.5 Å². The average molecular weight is 368 g/mol. The van der Waals surface area contributed by atoms with Crippen molar-refractivity contribution in [1.29, 1.82) is 0 Å². The van der Waals surface area contributed by atoms with E-state index in [1.807, 2.05) is 30.5 Å². The summed E-state index contributed by atoms with van der Waals surface area (Å²) in [5.74, 6) is 1.92. The molecule has 3 heterocycles. The Balaban J connectivity index is 1.64. The number of aromatic nitrogens is 3. The molecule has 5 rings (SSSR count). The molecule has 0 saturated heterocycles. The van der Waals surface area contributed by atoms with Gasteiger partial charge in [0.2, 0.25) is 12.7 Å². The van der Waals surface area contributed by atoms with Gasteiger partial charge in [-0.25, -0.2) is 4.98 Å². The summed E-state index contributed by atoms with van der Waals surface area (Å²) in [6, 6.07) is 9.58. The van der Waals surface area contributed by atoms with E-state index in [-0.39, 0.29) is 12.7 Å². The topological polar surface area (TPSA) is 101 Å². The highest BCUT2D eigenvalue weighted by atomic mass is 35.5. The van der Waals surface area contributed by atoms with Gasteiger partial charge in [-0.2, -0.15) is 4.98 Å². The second-order valence-electron chi connectivity index (χ2n) is 6.10. The zero-order valence-electron chi connectivity index (χ0n) is 13.6. The molecule has 2 aromatic heterocycles. The number of nitrogen functional groups attached to an aromatic ring is 2. The lowest BCUT2D eigenvalue weighted by atomic mass is 10.1. The Kier molecular flexibility index (Phi) is 3.14. The fourth-order valence-electron chi connectivity index (χ4n) is 3.35. The Labute approximate surface area is 153 Å². The average Bonchev–Trinajstić information content (AvgIpc) is 3.21. The zero-order valence-corrected chi connectivity index (χ0v) is 14.3. The van der Waals surface area contributed by atoms with E-state index in [1.54, 1.807) is 6.07 Å². The molecule has 2 aromatic carbocycles. The first-order chi connectivity index (χ1) is 12.6. The molecule has 4 N–H and O–H groups in total. The summed E-state index contributed by atoms with van der Waals surface area (Å²) >= 11 is 6.41. The smallest absolute Gasteiger partial charge is 0.231 e. The van der Waals surface area contributed by atoms with Crippen molar-refractivity contribution in [3.05, 3.63) is 47.1 Å². The molecule has 7 nitrogen and oxygen atoms in total. The van der Waals surface area contributed by atoms with Gasteiger partial charge in [0.25, 0.3) is 0 Å². The van der Waals surface area contributed by atoms with Crippen molar-refractivity contribution in [2.45, 2.75) is 6.54 Å². The Hall–Kier alpha value is -3.19. The maximum Gasteiger partial charge on any atom is 0.231 e. The van der Waals surface area contributed by atoms with Crippen LogP contribution in [0.3, 0.4) is 0 Å². The molecule has 130 valence electrons. The van der Waals surface area contributed by atoms with E-state index in [9.17, 15) is 0 Å². The van der Waals surface area contributed by atoms with Crippen molar-refractivity contribution in [2.75, 3.05) is 18.3 Å². The van der Waals surface area contributed by atoms with E-state index < -0.39 is 0 Å². The predicted molar refractivity (Wildman–Crippen MR) is 101 cm³/mol. The summed E-state index contributed by atoms with van der Waals surface area (Å²) in [4.78, 5) is 8.34. The van der Waals surface area contributed by atoms with Crippen molar-refractivity contribution >= 4 is 45.2 Å². The Morgan fingerprint density at radius 3 is 2.73 bits per heavy atom. The Morgan fingerprint density at radius 2 is 1.88 bits per heavy atom. The molecule has 1 aliphatic heterocycles. The van der Waals surface area contributed by atoms with Gasteiger partial charge in [0.05, 0.1) is 10.9 Å². The number of hydrogen-bond donors (Lipinski definition) is 2. The lowest BCUT2D eigenvalue weighted by Crippen LogP contribution is -2.01. The van der Waals surface area contributed by atoms with Crippen molar-refractivity contribution in [3.8, 4) is 11.5 Å². The Morgan fingerprint density at radius 1 is 1.08 bits per heavy atom. The Bertz CT molecular complexity index is 1190. The molecule has 8 heteroatoms. The van der Waals surface area contributed by atoms with E-state index >= 15 is 0 Å². The number of rotatable bonds is 2. The summed E-state index contributed by atoms with van der Waals surface area (Å²) in [6.07, 6.45) is 1.99. The highest BCUT2D eigenvalue weighted by Gasteiger charge is 2.17. The van der Waals surface area contributed by atoms with Gasteiger partial charge in [-0.05, 0) is 29.8 Å². The number of benzene rings is 2. The fourth-order valence-corrected chi connectivity index (χ4v) is 3.57. The first-order valence-corrected chi connectivity index (χ1v) is 8.36. The van der Waals surface area contributed by atoms with Crippen molar-refractivity contribution < 1.29 is 9.47 Å². The third kappa shape index (κ3) is 2.21. The van der Waals surface area contributed by atoms with E-state index in [0.717, 1.165) is 27.4 Å². The molecule has 0 saturated carbocycles. The molecule has 0 atom stereocenters. The van der Waals surface area contributed by atoms with Gasteiger partial charge >= 0.3 is 0 Å². The number of hydrogen-bond acceptors (Lipinski definition) is 6. The third-order valence-corrected chi connectivity index (χ3v) is 4.89. The van der Waals surface area contributed by atoms with E-state index in [0.29, 0.717) is 28.9 Å². The van der Waals surface area contributed by atoms with Crippen LogP contribution in [0.25, 0.3) is 21.8 Å². The van der Waals surface area contributed by atoms with Gasteiger partial charge in [-0.3, -0.25) is 0 Å². The fraction of sp³-hybridized carbons (Fsp3) is 0.111. The van der Waals surface area contributed by atoms with E-state index in [1.165, 1.54) is 0 Å². The highest BCUT2D eigenvalue weighted by molar-refractivity contribution is 6.31. The van der Waals surface area contributed by atoms with Crippen molar-refractivity contribution in [2.24, 2.45) is 0 Å². The quantitative estimate of drug-likeness (QED) is 0.564. The molecule has 0 amide bonds. The van der Waals surface area contributed by atoms with Gasteiger partial charge in [-0.15, -0.1) is 0 Å². The van der Waals surface area contributed by atoms with Gasteiger partial charge < -0.3 is 25.5 Å². The molecule has 4 aromatic rings. The monoisotopic (exact) mass is 367 g/mol. The first kappa shape index (κ1) is 15.1. The molecule has 0 spiro atoms. The van der Waals surface area contributed by atoms with Crippen molar-refractivity contribution in [1.82, 2.24) is 14.5 Å². The normalized spacial score (nSPS) is 13.0. The SMILES string of the molecule is Nc1nc(N)c2c(ccc3c2ccn3Cc2cc3c(cc2Cl)OCO3)n1. The predicted octanol–water partition coefficient (Wildman–Crippen LogP) is 3.18. The minimum absolute atomic E-state index is 0.168. The van der Waals surface area contributed by atoms with Crippen LogP contribution in [0.4, 0.5) is 11.8 Å². The number of halogens is 1.